The molecule has 0 aliphatic carbocycles. The number of carbonyl (C=O) groups is 1. The van der Waals surface area contributed by atoms with Crippen molar-refractivity contribution in [2.75, 3.05) is 30.3 Å². The van der Waals surface area contributed by atoms with Crippen LogP contribution in [-0.4, -0.2) is 45.2 Å². The number of hydrogen-bond donors (Lipinski definition) is 0. The first-order valence-corrected chi connectivity index (χ1v) is 11.2. The van der Waals surface area contributed by atoms with Gasteiger partial charge in [0.15, 0.2) is 0 Å². The van der Waals surface area contributed by atoms with Gasteiger partial charge in [0.05, 0.1) is 24.6 Å². The maximum atomic E-state index is 13.2. The summed E-state index contributed by atoms with van der Waals surface area (Å²) in [5.41, 5.74) is 2.19. The van der Waals surface area contributed by atoms with E-state index in [2.05, 4.69) is 0 Å². The predicted molar refractivity (Wildman–Crippen MR) is 108 cm³/mol. The summed E-state index contributed by atoms with van der Waals surface area (Å²) in [7, 11) is -1.63. The number of benzene rings is 2. The van der Waals surface area contributed by atoms with Gasteiger partial charge in [-0.2, -0.15) is 0 Å². The third-order valence-corrected chi connectivity index (χ3v) is 7.36. The number of methoxy groups -OCH3 is 1. The summed E-state index contributed by atoms with van der Waals surface area (Å²) in [5.74, 6) is 0.896. The Morgan fingerprint density at radius 2 is 1.86 bits per heavy atom. The first kappa shape index (κ1) is 18.8. The number of anilines is 1. The van der Waals surface area contributed by atoms with E-state index in [9.17, 15) is 13.2 Å². The lowest BCUT2D eigenvalue weighted by Gasteiger charge is -2.26. The van der Waals surface area contributed by atoms with Gasteiger partial charge in [-0.15, -0.1) is 0 Å². The van der Waals surface area contributed by atoms with Crippen molar-refractivity contribution in [2.45, 2.75) is 25.3 Å². The van der Waals surface area contributed by atoms with Crippen LogP contribution in [0.15, 0.2) is 48.5 Å². The summed E-state index contributed by atoms with van der Waals surface area (Å²) in [5, 5.41) is 0. The molecule has 7 heteroatoms. The van der Waals surface area contributed by atoms with Gasteiger partial charge < -0.3 is 9.64 Å². The summed E-state index contributed by atoms with van der Waals surface area (Å²) >= 11 is 0. The lowest BCUT2D eigenvalue weighted by atomic mass is 10.0. The predicted octanol–water partition coefficient (Wildman–Crippen LogP) is 3.21. The number of rotatable bonds is 4. The minimum atomic E-state index is -3.27. The van der Waals surface area contributed by atoms with E-state index >= 15 is 0 Å². The zero-order chi connectivity index (χ0) is 19.7. The average molecular weight is 401 g/mol. The highest BCUT2D eigenvalue weighted by molar-refractivity contribution is 7.93. The van der Waals surface area contributed by atoms with Gasteiger partial charge in [-0.05, 0) is 55.2 Å². The molecule has 2 heterocycles. The van der Waals surface area contributed by atoms with Gasteiger partial charge in [0.2, 0.25) is 10.0 Å². The molecule has 2 aliphatic heterocycles. The zero-order valence-electron chi connectivity index (χ0n) is 15.9. The third kappa shape index (κ3) is 3.46. The number of sulfonamides is 1. The second-order valence-corrected chi connectivity index (χ2v) is 9.23. The molecule has 0 bridgehead atoms. The molecule has 0 saturated carbocycles. The maximum absolute atomic E-state index is 13.2. The molecule has 0 aromatic heterocycles. The fourth-order valence-electron chi connectivity index (χ4n) is 4.07. The molecule has 1 amide bonds. The van der Waals surface area contributed by atoms with Crippen LogP contribution in [0.4, 0.5) is 5.69 Å². The smallest absolute Gasteiger partial charge is 0.254 e. The monoisotopic (exact) mass is 400 g/mol. The zero-order valence-corrected chi connectivity index (χ0v) is 16.7. The Balaban J connectivity index is 1.59. The topological polar surface area (TPSA) is 66.9 Å². The lowest BCUT2D eigenvalue weighted by molar-refractivity contribution is 0.0735. The first-order chi connectivity index (χ1) is 13.5. The molecule has 0 spiro atoms. The van der Waals surface area contributed by atoms with Crippen molar-refractivity contribution >= 4 is 21.6 Å². The van der Waals surface area contributed by atoms with E-state index in [4.69, 9.17) is 4.74 Å². The van der Waals surface area contributed by atoms with E-state index in [1.54, 1.807) is 31.4 Å². The van der Waals surface area contributed by atoms with Crippen molar-refractivity contribution in [3.05, 3.63) is 59.7 Å². The molecule has 1 unspecified atom stereocenters. The van der Waals surface area contributed by atoms with E-state index in [-0.39, 0.29) is 17.7 Å². The van der Waals surface area contributed by atoms with E-state index < -0.39 is 10.0 Å². The molecule has 1 atom stereocenters. The van der Waals surface area contributed by atoms with Gasteiger partial charge in [-0.1, -0.05) is 18.2 Å². The lowest BCUT2D eigenvalue weighted by Crippen LogP contribution is -2.31. The van der Waals surface area contributed by atoms with Gasteiger partial charge in [-0.25, -0.2) is 8.42 Å². The molecule has 2 aliphatic rings. The number of amides is 1. The quantitative estimate of drug-likeness (QED) is 0.790. The van der Waals surface area contributed by atoms with Crippen LogP contribution in [0.3, 0.4) is 0 Å². The molecule has 2 aromatic carbocycles. The summed E-state index contributed by atoms with van der Waals surface area (Å²) in [4.78, 5) is 15.1. The number of likely N-dealkylation sites (tertiary alicyclic amines) is 1. The van der Waals surface area contributed by atoms with Crippen molar-refractivity contribution in [3.8, 4) is 5.75 Å². The molecule has 2 saturated heterocycles. The number of carbonyl (C=O) groups excluding carboxylic acids is 1. The Hall–Kier alpha value is -2.54. The van der Waals surface area contributed by atoms with Gasteiger partial charge in [0.1, 0.15) is 5.75 Å². The summed E-state index contributed by atoms with van der Waals surface area (Å²) < 4.78 is 31.0. The van der Waals surface area contributed by atoms with E-state index in [0.29, 0.717) is 30.8 Å². The summed E-state index contributed by atoms with van der Waals surface area (Å²) in [6, 6.07) is 14.8. The van der Waals surface area contributed by atoms with Crippen LogP contribution in [0, 0.1) is 0 Å². The Morgan fingerprint density at radius 3 is 2.54 bits per heavy atom. The second-order valence-electron chi connectivity index (χ2n) is 7.22. The van der Waals surface area contributed by atoms with Crippen LogP contribution in [0.5, 0.6) is 5.75 Å². The molecule has 2 fully saturated rings. The van der Waals surface area contributed by atoms with Crippen LogP contribution in [0.2, 0.25) is 0 Å². The fourth-order valence-corrected chi connectivity index (χ4v) is 5.63. The largest absolute Gasteiger partial charge is 0.497 e. The average Bonchev–Trinajstić information content (AvgIpc) is 3.33. The molecule has 6 nitrogen and oxygen atoms in total. The fraction of sp³-hybridized carbons (Fsp3) is 0.381. The molecule has 0 radical (unpaired) electrons. The van der Waals surface area contributed by atoms with Gasteiger partial charge in [0, 0.05) is 18.7 Å². The Bertz CT molecular complexity index is 972. The second kappa shape index (κ2) is 7.47. The molecule has 4 rings (SSSR count). The number of ether oxygens (including phenoxy) is 1. The standard InChI is InChI=1S/C21H24N2O4S/c1-27-19-10-8-16(9-11-19)20-7-3-12-22(20)21(24)17-5-2-6-18(15-17)23-13-4-14-28(23,25)26/h2,5-6,8-11,15,20H,3-4,7,12-14H2,1H3. The molecule has 2 aromatic rings. The highest BCUT2D eigenvalue weighted by Gasteiger charge is 2.32. The maximum Gasteiger partial charge on any atom is 0.254 e. The first-order valence-electron chi connectivity index (χ1n) is 9.55. The molecular weight excluding hydrogens is 376 g/mol. The van der Waals surface area contributed by atoms with E-state index in [1.807, 2.05) is 29.2 Å². The molecule has 28 heavy (non-hydrogen) atoms. The molecule has 148 valence electrons. The van der Waals surface area contributed by atoms with Crippen molar-refractivity contribution in [3.63, 3.8) is 0 Å². The van der Waals surface area contributed by atoms with Gasteiger partial charge in [0.25, 0.3) is 5.91 Å². The highest BCUT2D eigenvalue weighted by atomic mass is 32.2. The van der Waals surface area contributed by atoms with Crippen LogP contribution in [0.1, 0.15) is 41.2 Å². The Labute approximate surface area is 165 Å². The normalized spacial score (nSPS) is 21.1. The van der Waals surface area contributed by atoms with Gasteiger partial charge in [-0.3, -0.25) is 9.10 Å². The van der Waals surface area contributed by atoms with E-state index in [0.717, 1.165) is 24.2 Å². The number of hydrogen-bond acceptors (Lipinski definition) is 4. The number of nitrogens with zero attached hydrogens (tertiary/aromatic N) is 2. The van der Waals surface area contributed by atoms with Crippen molar-refractivity contribution in [1.29, 1.82) is 0 Å². The molecule has 0 N–H and O–H groups in total. The van der Waals surface area contributed by atoms with Crippen LogP contribution in [0.25, 0.3) is 0 Å². The van der Waals surface area contributed by atoms with Crippen LogP contribution >= 0.6 is 0 Å². The molecular formula is C21H24N2O4S. The van der Waals surface area contributed by atoms with E-state index in [1.165, 1.54) is 4.31 Å². The Morgan fingerprint density at radius 1 is 1.07 bits per heavy atom. The highest BCUT2D eigenvalue weighted by Crippen LogP contribution is 2.34. The van der Waals surface area contributed by atoms with Crippen molar-refractivity contribution in [2.24, 2.45) is 0 Å². The Kier molecular flexibility index (Phi) is 5.02. The summed E-state index contributed by atoms with van der Waals surface area (Å²) in [6.45, 7) is 1.17. The van der Waals surface area contributed by atoms with Crippen molar-refractivity contribution < 1.29 is 17.9 Å². The third-order valence-electron chi connectivity index (χ3n) is 5.49. The van der Waals surface area contributed by atoms with Gasteiger partial charge >= 0.3 is 0 Å². The minimum absolute atomic E-state index is 0.0255. The van der Waals surface area contributed by atoms with Crippen LogP contribution < -0.4 is 9.04 Å². The summed E-state index contributed by atoms with van der Waals surface area (Å²) in [6.07, 6.45) is 2.48. The minimum Gasteiger partial charge on any atom is -0.497 e. The van der Waals surface area contributed by atoms with Crippen molar-refractivity contribution in [1.82, 2.24) is 4.90 Å². The SMILES string of the molecule is COc1ccc(C2CCCN2C(=O)c2cccc(N3CCCS3(=O)=O)c2)cc1. The van der Waals surface area contributed by atoms with Crippen LogP contribution in [-0.2, 0) is 10.0 Å².